The van der Waals surface area contributed by atoms with Gasteiger partial charge in [0.05, 0.1) is 20.6 Å². The molecular formula is C23H17Cl2NO3S. The van der Waals surface area contributed by atoms with Gasteiger partial charge in [0.15, 0.2) is 0 Å². The number of carbonyl (C=O) groups excluding carboxylic acids is 1. The molecule has 1 heterocycles. The lowest BCUT2D eigenvalue weighted by molar-refractivity contribution is 0.104. The van der Waals surface area contributed by atoms with Crippen LogP contribution in [0.5, 0.6) is 0 Å². The fourth-order valence-corrected chi connectivity index (χ4v) is 5.32. The number of Topliss-reactive ketones (excluding diaryl/α,β-unsaturated/α-hetero) is 1. The summed E-state index contributed by atoms with van der Waals surface area (Å²) in [6.07, 6.45) is 1.36. The van der Waals surface area contributed by atoms with Gasteiger partial charge in [-0.2, -0.15) is 0 Å². The number of para-hydroxylation sites is 1. The van der Waals surface area contributed by atoms with E-state index in [1.54, 1.807) is 60.4 Å². The third-order valence-corrected chi connectivity index (χ3v) is 7.51. The number of sulfone groups is 1. The summed E-state index contributed by atoms with van der Waals surface area (Å²) in [5.41, 5.74) is 3.10. The maximum Gasteiger partial charge on any atom is 0.214 e. The van der Waals surface area contributed by atoms with Crippen LogP contribution in [0.1, 0.15) is 21.5 Å². The molecule has 0 radical (unpaired) electrons. The number of halogens is 2. The molecule has 0 amide bonds. The third-order valence-electron chi connectivity index (χ3n) is 4.98. The van der Waals surface area contributed by atoms with Gasteiger partial charge in [-0.15, -0.1) is 0 Å². The summed E-state index contributed by atoms with van der Waals surface area (Å²) in [7, 11) is -4.01. The second-order valence-electron chi connectivity index (χ2n) is 7.08. The Kier molecular flexibility index (Phi) is 5.22. The highest BCUT2D eigenvalue weighted by Gasteiger charge is 2.36. The molecule has 0 unspecified atom stereocenters. The van der Waals surface area contributed by atoms with Crippen LogP contribution in [0, 0.1) is 13.8 Å². The average molecular weight is 458 g/mol. The molecule has 0 saturated heterocycles. The number of benzene rings is 3. The Labute approximate surface area is 185 Å². The number of nitrogens with zero attached hydrogens (tertiary/aromatic N) is 1. The highest BCUT2D eigenvalue weighted by molar-refractivity contribution is 7.96. The van der Waals surface area contributed by atoms with Crippen LogP contribution in [0.4, 0.5) is 11.4 Å². The minimum absolute atomic E-state index is 0.0617. The summed E-state index contributed by atoms with van der Waals surface area (Å²) >= 11 is 12.2. The molecule has 3 aromatic carbocycles. The maximum atomic E-state index is 13.3. The molecule has 0 bridgehead atoms. The van der Waals surface area contributed by atoms with Crippen molar-refractivity contribution < 1.29 is 13.2 Å². The van der Waals surface area contributed by atoms with Crippen LogP contribution in [0.3, 0.4) is 0 Å². The lowest BCUT2D eigenvalue weighted by atomic mass is 10.0. The monoisotopic (exact) mass is 457 g/mol. The van der Waals surface area contributed by atoms with Gasteiger partial charge in [-0.25, -0.2) is 8.42 Å². The normalized spacial score (nSPS) is 14.8. The van der Waals surface area contributed by atoms with Crippen molar-refractivity contribution in [1.82, 2.24) is 0 Å². The zero-order chi connectivity index (χ0) is 21.6. The first kappa shape index (κ1) is 20.7. The van der Waals surface area contributed by atoms with Crippen molar-refractivity contribution in [1.29, 1.82) is 0 Å². The number of carbonyl (C=O) groups is 1. The molecule has 0 atom stereocenters. The molecule has 0 aliphatic carbocycles. The highest BCUT2D eigenvalue weighted by atomic mass is 35.5. The number of anilines is 2. The number of ketones is 1. The Hall–Kier alpha value is -2.60. The van der Waals surface area contributed by atoms with Gasteiger partial charge in [-0.05, 0) is 49.7 Å². The van der Waals surface area contributed by atoms with E-state index in [1.165, 1.54) is 12.3 Å². The number of hydrogen-bond donors (Lipinski definition) is 0. The van der Waals surface area contributed by atoms with Gasteiger partial charge < -0.3 is 4.90 Å². The minimum atomic E-state index is -4.01. The van der Waals surface area contributed by atoms with Gasteiger partial charge in [0, 0.05) is 17.5 Å². The largest absolute Gasteiger partial charge is 0.314 e. The molecule has 0 saturated carbocycles. The SMILES string of the molecule is Cc1ccc(C(=O)C2=CN(c3ccc(Cl)c(Cl)c3)c3ccccc3S2(=O)=O)c(C)c1. The summed E-state index contributed by atoms with van der Waals surface area (Å²) in [4.78, 5) is 14.8. The van der Waals surface area contributed by atoms with E-state index in [9.17, 15) is 13.2 Å². The predicted octanol–water partition coefficient (Wildman–Crippen LogP) is 6.26. The first-order valence-electron chi connectivity index (χ1n) is 9.12. The Balaban J connectivity index is 1.94. The smallest absolute Gasteiger partial charge is 0.214 e. The molecule has 3 aromatic rings. The van der Waals surface area contributed by atoms with Gasteiger partial charge in [0.2, 0.25) is 15.6 Å². The Morgan fingerprint density at radius 3 is 2.33 bits per heavy atom. The van der Waals surface area contributed by atoms with Gasteiger partial charge in [-0.3, -0.25) is 4.79 Å². The van der Waals surface area contributed by atoms with Crippen LogP contribution in [0.25, 0.3) is 0 Å². The first-order valence-corrected chi connectivity index (χ1v) is 11.4. The zero-order valence-corrected chi connectivity index (χ0v) is 18.5. The molecule has 152 valence electrons. The number of fused-ring (bicyclic) bond motifs is 1. The minimum Gasteiger partial charge on any atom is -0.314 e. The van der Waals surface area contributed by atoms with Crippen LogP contribution in [-0.2, 0) is 9.84 Å². The zero-order valence-electron chi connectivity index (χ0n) is 16.2. The van der Waals surface area contributed by atoms with Crippen LogP contribution < -0.4 is 4.90 Å². The molecule has 1 aliphatic heterocycles. The van der Waals surface area contributed by atoms with Gasteiger partial charge in [0.1, 0.15) is 4.91 Å². The summed E-state index contributed by atoms with van der Waals surface area (Å²) in [6.45, 7) is 3.71. The topological polar surface area (TPSA) is 54.5 Å². The molecule has 0 spiro atoms. The number of allylic oxidation sites excluding steroid dienone is 1. The fraction of sp³-hybridized carbons (Fsp3) is 0.0870. The van der Waals surface area contributed by atoms with Crippen molar-refractivity contribution >= 4 is 50.2 Å². The van der Waals surface area contributed by atoms with Crippen LogP contribution in [0.2, 0.25) is 10.0 Å². The van der Waals surface area contributed by atoms with E-state index in [1.807, 2.05) is 13.0 Å². The molecular weight excluding hydrogens is 441 g/mol. The molecule has 0 aromatic heterocycles. The lowest BCUT2D eigenvalue weighted by Crippen LogP contribution is -2.26. The highest BCUT2D eigenvalue weighted by Crippen LogP contribution is 2.41. The fourth-order valence-electron chi connectivity index (χ4n) is 3.49. The van der Waals surface area contributed by atoms with Gasteiger partial charge in [0.25, 0.3) is 0 Å². The predicted molar refractivity (Wildman–Crippen MR) is 121 cm³/mol. The van der Waals surface area contributed by atoms with E-state index >= 15 is 0 Å². The van der Waals surface area contributed by atoms with E-state index in [2.05, 4.69) is 0 Å². The molecule has 4 rings (SSSR count). The van der Waals surface area contributed by atoms with Crippen molar-refractivity contribution in [3.63, 3.8) is 0 Å². The first-order chi connectivity index (χ1) is 14.2. The summed E-state index contributed by atoms with van der Waals surface area (Å²) in [5, 5.41) is 0.713. The lowest BCUT2D eigenvalue weighted by Gasteiger charge is -2.29. The van der Waals surface area contributed by atoms with E-state index in [0.717, 1.165) is 11.1 Å². The molecule has 0 N–H and O–H groups in total. The molecule has 0 fully saturated rings. The standard InChI is InChI=1S/C23H17Cl2NO3S/c1-14-7-9-17(15(2)11-14)23(27)22-13-26(16-8-10-18(24)19(25)12-16)20-5-3-4-6-21(20)30(22,28)29/h3-13H,1-2H3. The van der Waals surface area contributed by atoms with Crippen molar-refractivity contribution in [2.45, 2.75) is 18.7 Å². The molecule has 7 heteroatoms. The Bertz CT molecular complexity index is 1330. The van der Waals surface area contributed by atoms with Crippen molar-refractivity contribution in [2.75, 3.05) is 4.90 Å². The van der Waals surface area contributed by atoms with Crippen LogP contribution >= 0.6 is 23.2 Å². The van der Waals surface area contributed by atoms with Crippen molar-refractivity contribution in [2.24, 2.45) is 0 Å². The molecule has 1 aliphatic rings. The second-order valence-corrected chi connectivity index (χ2v) is 9.78. The second kappa shape index (κ2) is 7.58. The summed E-state index contributed by atoms with van der Waals surface area (Å²) in [6, 6.07) is 16.8. The van der Waals surface area contributed by atoms with E-state index in [0.29, 0.717) is 27.0 Å². The van der Waals surface area contributed by atoms with E-state index < -0.39 is 15.6 Å². The van der Waals surface area contributed by atoms with E-state index in [4.69, 9.17) is 23.2 Å². The Morgan fingerprint density at radius 2 is 1.63 bits per heavy atom. The summed E-state index contributed by atoms with van der Waals surface area (Å²) < 4.78 is 26.7. The average Bonchev–Trinajstić information content (AvgIpc) is 2.70. The van der Waals surface area contributed by atoms with Gasteiger partial charge in [-0.1, -0.05) is 59.1 Å². The van der Waals surface area contributed by atoms with Crippen LogP contribution in [0.15, 0.2) is 76.7 Å². The van der Waals surface area contributed by atoms with E-state index in [-0.39, 0.29) is 9.80 Å². The Morgan fingerprint density at radius 1 is 0.900 bits per heavy atom. The number of hydrogen-bond acceptors (Lipinski definition) is 4. The molecule has 30 heavy (non-hydrogen) atoms. The van der Waals surface area contributed by atoms with Crippen molar-refractivity contribution in [3.8, 4) is 0 Å². The number of aryl methyl sites for hydroxylation is 2. The molecule has 4 nitrogen and oxygen atoms in total. The quantitative estimate of drug-likeness (QED) is 0.435. The third kappa shape index (κ3) is 3.43. The van der Waals surface area contributed by atoms with Crippen molar-refractivity contribution in [3.05, 3.63) is 98.5 Å². The maximum absolute atomic E-state index is 13.3. The van der Waals surface area contributed by atoms with Gasteiger partial charge >= 0.3 is 0 Å². The number of rotatable bonds is 3. The summed E-state index contributed by atoms with van der Waals surface area (Å²) in [5.74, 6) is -0.549. The van der Waals surface area contributed by atoms with Crippen LogP contribution in [-0.4, -0.2) is 14.2 Å².